The lowest BCUT2D eigenvalue weighted by atomic mass is 10.1. The van der Waals surface area contributed by atoms with Crippen molar-refractivity contribution in [2.24, 2.45) is 0 Å². The van der Waals surface area contributed by atoms with Crippen LogP contribution in [-0.4, -0.2) is 18.1 Å². The molecule has 2 nitrogen and oxygen atoms in total. The first kappa shape index (κ1) is 12.7. The first-order valence-corrected chi connectivity index (χ1v) is 7.50. The van der Waals surface area contributed by atoms with Crippen LogP contribution in [0.4, 0.5) is 5.69 Å². The molecule has 0 aliphatic carbocycles. The number of aromatic nitrogens is 1. The molecule has 0 bridgehead atoms. The Balaban J connectivity index is 2.02. The average Bonchev–Trinajstić information content (AvgIpc) is 2.93. The highest BCUT2D eigenvalue weighted by atomic mass is 35.5. The highest BCUT2D eigenvalue weighted by Gasteiger charge is 2.13. The Morgan fingerprint density at radius 1 is 1.21 bits per heavy atom. The van der Waals surface area contributed by atoms with Crippen molar-refractivity contribution >= 4 is 28.2 Å². The molecule has 1 aromatic carbocycles. The van der Waals surface area contributed by atoms with Gasteiger partial charge in [-0.05, 0) is 43.5 Å². The molecule has 1 aliphatic heterocycles. The van der Waals surface area contributed by atoms with E-state index in [1.165, 1.54) is 18.5 Å². The van der Waals surface area contributed by atoms with Gasteiger partial charge in [-0.15, -0.1) is 0 Å². The summed E-state index contributed by atoms with van der Waals surface area (Å²) in [4.78, 5) is 7.12. The van der Waals surface area contributed by atoms with Crippen LogP contribution in [0.3, 0.4) is 0 Å². The largest absolute Gasteiger partial charge is 0.372 e. The Morgan fingerprint density at radius 2 is 2.00 bits per heavy atom. The van der Waals surface area contributed by atoms with Crippen molar-refractivity contribution in [1.29, 1.82) is 0 Å². The van der Waals surface area contributed by atoms with Crippen molar-refractivity contribution in [3.63, 3.8) is 0 Å². The lowest BCUT2D eigenvalue weighted by Gasteiger charge is -2.18. The fourth-order valence-electron chi connectivity index (χ4n) is 2.78. The zero-order chi connectivity index (χ0) is 13.2. The molecule has 0 saturated carbocycles. The summed E-state index contributed by atoms with van der Waals surface area (Å²) in [5.74, 6) is 0. The summed E-state index contributed by atoms with van der Waals surface area (Å²) in [6.07, 6.45) is 4.67. The Morgan fingerprint density at radius 3 is 2.74 bits per heavy atom. The average molecular weight is 275 g/mol. The van der Waals surface area contributed by atoms with E-state index in [9.17, 15) is 0 Å². The van der Waals surface area contributed by atoms with Gasteiger partial charge < -0.3 is 4.90 Å². The molecule has 1 fully saturated rings. The van der Waals surface area contributed by atoms with Gasteiger partial charge in [-0.1, -0.05) is 24.9 Å². The number of benzene rings is 1. The van der Waals surface area contributed by atoms with Gasteiger partial charge in [0.1, 0.15) is 0 Å². The van der Waals surface area contributed by atoms with E-state index in [-0.39, 0.29) is 0 Å². The first-order valence-electron chi connectivity index (χ1n) is 7.12. The number of hydrogen-bond donors (Lipinski definition) is 0. The normalized spacial score (nSPS) is 15.4. The second-order valence-electron chi connectivity index (χ2n) is 5.24. The van der Waals surface area contributed by atoms with Gasteiger partial charge in [0.25, 0.3) is 0 Å². The van der Waals surface area contributed by atoms with Crippen molar-refractivity contribution in [3.8, 4) is 0 Å². The molecule has 3 rings (SSSR count). The summed E-state index contributed by atoms with van der Waals surface area (Å²) >= 11 is 6.42. The van der Waals surface area contributed by atoms with E-state index in [1.807, 2.05) is 6.07 Å². The lowest BCUT2D eigenvalue weighted by molar-refractivity contribution is 0.890. The quantitative estimate of drug-likeness (QED) is 0.822. The number of anilines is 1. The standard InChI is InChI=1S/C16H19ClN2/c1-2-5-12-10-15(17)14-11-13(6-7-16(14)18-12)19-8-3-4-9-19/h6-7,10-11H,2-5,8-9H2,1H3. The molecular formula is C16H19ClN2. The minimum Gasteiger partial charge on any atom is -0.372 e. The Bertz CT molecular complexity index is 589. The Kier molecular flexibility index (Phi) is 3.61. The summed E-state index contributed by atoms with van der Waals surface area (Å²) in [6.45, 7) is 4.48. The maximum absolute atomic E-state index is 6.42. The maximum atomic E-state index is 6.42. The van der Waals surface area contributed by atoms with Gasteiger partial charge in [0.05, 0.1) is 10.5 Å². The van der Waals surface area contributed by atoms with Crippen LogP contribution >= 0.6 is 11.6 Å². The fourth-order valence-corrected chi connectivity index (χ4v) is 3.06. The Labute approximate surface area is 119 Å². The second-order valence-corrected chi connectivity index (χ2v) is 5.65. The van der Waals surface area contributed by atoms with Crippen molar-refractivity contribution in [1.82, 2.24) is 4.98 Å². The van der Waals surface area contributed by atoms with E-state index >= 15 is 0 Å². The van der Waals surface area contributed by atoms with Gasteiger partial charge in [0.2, 0.25) is 0 Å². The third-order valence-corrected chi connectivity index (χ3v) is 4.08. The van der Waals surface area contributed by atoms with E-state index in [0.29, 0.717) is 0 Å². The van der Waals surface area contributed by atoms with Gasteiger partial charge in [0.15, 0.2) is 0 Å². The smallest absolute Gasteiger partial charge is 0.0721 e. The van der Waals surface area contributed by atoms with Gasteiger partial charge in [-0.25, -0.2) is 0 Å². The summed E-state index contributed by atoms with van der Waals surface area (Å²) < 4.78 is 0. The predicted octanol–water partition coefficient (Wildman–Crippen LogP) is 4.44. The highest BCUT2D eigenvalue weighted by Crippen LogP contribution is 2.29. The molecule has 19 heavy (non-hydrogen) atoms. The summed E-state index contributed by atoms with van der Waals surface area (Å²) in [5, 5.41) is 1.90. The van der Waals surface area contributed by atoms with Crippen molar-refractivity contribution < 1.29 is 0 Å². The maximum Gasteiger partial charge on any atom is 0.0721 e. The monoisotopic (exact) mass is 274 g/mol. The molecule has 3 heteroatoms. The van der Waals surface area contributed by atoms with Gasteiger partial charge in [-0.2, -0.15) is 0 Å². The fraction of sp³-hybridized carbons (Fsp3) is 0.438. The van der Waals surface area contributed by atoms with Crippen LogP contribution < -0.4 is 4.90 Å². The lowest BCUT2D eigenvalue weighted by Crippen LogP contribution is -2.17. The number of rotatable bonds is 3. The van der Waals surface area contributed by atoms with Crippen LogP contribution in [-0.2, 0) is 6.42 Å². The van der Waals surface area contributed by atoms with E-state index in [1.54, 1.807) is 0 Å². The van der Waals surface area contributed by atoms with Crippen LogP contribution in [0, 0.1) is 0 Å². The number of halogens is 1. The first-order chi connectivity index (χ1) is 9.28. The molecule has 2 heterocycles. The second kappa shape index (κ2) is 5.38. The molecule has 0 spiro atoms. The summed E-state index contributed by atoms with van der Waals surface area (Å²) in [5.41, 5.74) is 3.38. The molecule has 0 radical (unpaired) electrons. The van der Waals surface area contributed by atoms with E-state index in [0.717, 1.165) is 47.6 Å². The van der Waals surface area contributed by atoms with Crippen LogP contribution in [0.5, 0.6) is 0 Å². The molecule has 1 aromatic heterocycles. The minimum absolute atomic E-state index is 0.828. The van der Waals surface area contributed by atoms with E-state index < -0.39 is 0 Å². The molecule has 100 valence electrons. The number of pyridine rings is 1. The molecular weight excluding hydrogens is 256 g/mol. The topological polar surface area (TPSA) is 16.1 Å². The van der Waals surface area contributed by atoms with E-state index in [4.69, 9.17) is 16.6 Å². The van der Waals surface area contributed by atoms with Crippen LogP contribution in [0.15, 0.2) is 24.3 Å². The third-order valence-electron chi connectivity index (χ3n) is 3.77. The third kappa shape index (κ3) is 2.55. The van der Waals surface area contributed by atoms with Crippen LogP contribution in [0.25, 0.3) is 10.9 Å². The molecule has 0 unspecified atom stereocenters. The summed E-state index contributed by atoms with van der Waals surface area (Å²) in [7, 11) is 0. The number of aryl methyl sites for hydroxylation is 1. The van der Waals surface area contributed by atoms with E-state index in [2.05, 4.69) is 30.0 Å². The molecule has 2 aromatic rings. The molecule has 0 atom stereocenters. The minimum atomic E-state index is 0.828. The highest BCUT2D eigenvalue weighted by molar-refractivity contribution is 6.35. The predicted molar refractivity (Wildman–Crippen MR) is 82.2 cm³/mol. The van der Waals surface area contributed by atoms with Crippen LogP contribution in [0.1, 0.15) is 31.9 Å². The molecule has 1 aliphatic rings. The van der Waals surface area contributed by atoms with Crippen molar-refractivity contribution in [2.75, 3.05) is 18.0 Å². The number of fused-ring (bicyclic) bond motifs is 1. The number of hydrogen-bond acceptors (Lipinski definition) is 2. The Hall–Kier alpha value is -1.28. The van der Waals surface area contributed by atoms with Gasteiger partial charge in [-0.3, -0.25) is 4.98 Å². The number of nitrogens with zero attached hydrogens (tertiary/aromatic N) is 2. The SMILES string of the molecule is CCCc1cc(Cl)c2cc(N3CCCC3)ccc2n1. The molecule has 0 N–H and O–H groups in total. The zero-order valence-electron chi connectivity index (χ0n) is 11.3. The van der Waals surface area contributed by atoms with Gasteiger partial charge >= 0.3 is 0 Å². The zero-order valence-corrected chi connectivity index (χ0v) is 12.1. The van der Waals surface area contributed by atoms with Gasteiger partial charge in [0, 0.05) is 29.9 Å². The van der Waals surface area contributed by atoms with Crippen molar-refractivity contribution in [3.05, 3.63) is 35.0 Å². The van der Waals surface area contributed by atoms with Crippen LogP contribution in [0.2, 0.25) is 5.02 Å². The van der Waals surface area contributed by atoms with Crippen molar-refractivity contribution in [2.45, 2.75) is 32.6 Å². The molecule has 1 saturated heterocycles. The summed E-state index contributed by atoms with van der Waals surface area (Å²) in [6, 6.07) is 8.48. The molecule has 0 amide bonds.